The predicted molar refractivity (Wildman–Crippen MR) is 104 cm³/mol. The molecule has 0 radical (unpaired) electrons. The third kappa shape index (κ3) is 4.37. The van der Waals surface area contributed by atoms with E-state index in [4.69, 9.17) is 4.74 Å². The Morgan fingerprint density at radius 2 is 1.50 bits per heavy atom. The van der Waals surface area contributed by atoms with Crippen molar-refractivity contribution in [3.05, 3.63) is 58.6 Å². The van der Waals surface area contributed by atoms with Crippen molar-refractivity contribution >= 4 is 21.7 Å². The summed E-state index contributed by atoms with van der Waals surface area (Å²) in [5.41, 5.74) is 1.41. The van der Waals surface area contributed by atoms with Gasteiger partial charge in [-0.05, 0) is 41.3 Å². The van der Waals surface area contributed by atoms with Crippen molar-refractivity contribution in [3.8, 4) is 11.1 Å². The molecule has 0 aliphatic heterocycles. The first-order valence-electron chi connectivity index (χ1n) is 8.50. The fourth-order valence-electron chi connectivity index (χ4n) is 2.87. The van der Waals surface area contributed by atoms with Crippen LogP contribution in [-0.2, 0) is 19.6 Å². The fourth-order valence-corrected chi connectivity index (χ4v) is 4.31. The molecule has 9 heteroatoms. The van der Waals surface area contributed by atoms with Crippen molar-refractivity contribution in [3.63, 3.8) is 0 Å². The van der Waals surface area contributed by atoms with E-state index in [9.17, 15) is 23.3 Å². The number of rotatable bonds is 7. The Balaban J connectivity index is 2.32. The summed E-state index contributed by atoms with van der Waals surface area (Å²) in [4.78, 5) is 22.3. The minimum atomic E-state index is -3.91. The van der Waals surface area contributed by atoms with Crippen LogP contribution in [0.4, 0.5) is 5.69 Å². The Morgan fingerprint density at radius 1 is 1.04 bits per heavy atom. The van der Waals surface area contributed by atoms with E-state index >= 15 is 0 Å². The average molecular weight is 406 g/mol. The van der Waals surface area contributed by atoms with Gasteiger partial charge in [-0.1, -0.05) is 26.0 Å². The molecule has 1 atom stereocenters. The molecule has 0 aliphatic carbocycles. The smallest absolute Gasteiger partial charge is 0.324 e. The van der Waals surface area contributed by atoms with Crippen molar-refractivity contribution in [2.24, 2.45) is 5.92 Å². The van der Waals surface area contributed by atoms with E-state index in [-0.39, 0.29) is 16.5 Å². The van der Waals surface area contributed by atoms with Crippen LogP contribution in [-0.4, -0.2) is 43.8 Å². The van der Waals surface area contributed by atoms with E-state index < -0.39 is 27.0 Å². The van der Waals surface area contributed by atoms with Gasteiger partial charge in [-0.2, -0.15) is 4.31 Å². The zero-order valence-electron chi connectivity index (χ0n) is 16.0. The largest absolute Gasteiger partial charge is 0.468 e. The highest BCUT2D eigenvalue weighted by Gasteiger charge is 2.35. The molecule has 0 heterocycles. The number of non-ortho nitro benzene ring substituents is 1. The number of esters is 1. The topological polar surface area (TPSA) is 107 Å². The molecule has 0 aromatic heterocycles. The average Bonchev–Trinajstić information content (AvgIpc) is 2.67. The number of nitrogens with zero attached hydrogens (tertiary/aromatic N) is 2. The highest BCUT2D eigenvalue weighted by atomic mass is 32.2. The summed E-state index contributed by atoms with van der Waals surface area (Å²) in [5.74, 6) is -0.893. The molecule has 1 unspecified atom stereocenters. The first kappa shape index (κ1) is 21.5. The van der Waals surface area contributed by atoms with Gasteiger partial charge in [0.25, 0.3) is 5.69 Å². The number of methoxy groups -OCH3 is 1. The number of likely N-dealkylation sites (N-methyl/N-ethyl adjacent to an activating group) is 1. The van der Waals surface area contributed by atoms with E-state index in [1.165, 1.54) is 38.4 Å². The molecule has 0 fully saturated rings. The molecule has 2 aromatic carbocycles. The summed E-state index contributed by atoms with van der Waals surface area (Å²) in [7, 11) is -1.34. The molecular weight excluding hydrogens is 384 g/mol. The van der Waals surface area contributed by atoms with Crippen LogP contribution >= 0.6 is 0 Å². The second kappa shape index (κ2) is 8.49. The van der Waals surface area contributed by atoms with Crippen LogP contribution in [0, 0.1) is 16.0 Å². The van der Waals surface area contributed by atoms with Gasteiger partial charge in [-0.3, -0.25) is 14.9 Å². The monoisotopic (exact) mass is 406 g/mol. The normalized spacial score (nSPS) is 12.8. The first-order chi connectivity index (χ1) is 13.1. The summed E-state index contributed by atoms with van der Waals surface area (Å²) in [6.07, 6.45) is 0. The molecule has 150 valence electrons. The summed E-state index contributed by atoms with van der Waals surface area (Å²) < 4.78 is 31.6. The van der Waals surface area contributed by atoms with Gasteiger partial charge in [-0.15, -0.1) is 0 Å². The van der Waals surface area contributed by atoms with Gasteiger partial charge in [0.05, 0.1) is 16.9 Å². The summed E-state index contributed by atoms with van der Waals surface area (Å²) >= 11 is 0. The molecule has 0 amide bonds. The van der Waals surface area contributed by atoms with Crippen molar-refractivity contribution < 1.29 is 22.9 Å². The molecule has 28 heavy (non-hydrogen) atoms. The van der Waals surface area contributed by atoms with E-state index in [1.54, 1.807) is 38.1 Å². The lowest BCUT2D eigenvalue weighted by molar-refractivity contribution is -0.384. The molecule has 0 saturated carbocycles. The van der Waals surface area contributed by atoms with Gasteiger partial charge in [-0.25, -0.2) is 8.42 Å². The molecular formula is C19H22N2O6S. The number of carbonyl (C=O) groups excluding carboxylic acids is 1. The fraction of sp³-hybridized carbons (Fsp3) is 0.316. The summed E-state index contributed by atoms with van der Waals surface area (Å²) in [6.45, 7) is 3.48. The molecule has 2 aromatic rings. The molecule has 0 spiro atoms. The maximum Gasteiger partial charge on any atom is 0.324 e. The SMILES string of the molecule is COC(=O)C(C(C)C)N(C)S(=O)(=O)c1ccc(-c2ccc([N+](=O)[O-])cc2)cc1. The van der Waals surface area contributed by atoms with Crippen LogP contribution in [0.2, 0.25) is 0 Å². The number of nitro groups is 1. The Labute approximate surface area is 163 Å². The van der Waals surface area contributed by atoms with E-state index in [1.807, 2.05) is 0 Å². The Kier molecular flexibility index (Phi) is 6.52. The summed E-state index contributed by atoms with van der Waals surface area (Å²) in [6, 6.07) is 11.1. The van der Waals surface area contributed by atoms with Crippen LogP contribution in [0.15, 0.2) is 53.4 Å². The highest BCUT2D eigenvalue weighted by Crippen LogP contribution is 2.26. The highest BCUT2D eigenvalue weighted by molar-refractivity contribution is 7.89. The molecule has 8 nitrogen and oxygen atoms in total. The number of benzene rings is 2. The lowest BCUT2D eigenvalue weighted by Gasteiger charge is -2.28. The Hall–Kier alpha value is -2.78. The van der Waals surface area contributed by atoms with E-state index in [2.05, 4.69) is 0 Å². The molecule has 0 bridgehead atoms. The second-order valence-corrected chi connectivity index (χ2v) is 8.56. The van der Waals surface area contributed by atoms with Gasteiger partial charge in [0, 0.05) is 19.2 Å². The third-order valence-corrected chi connectivity index (χ3v) is 6.26. The predicted octanol–water partition coefficient (Wildman–Crippen LogP) is 3.08. The van der Waals surface area contributed by atoms with Crippen molar-refractivity contribution in [2.75, 3.05) is 14.2 Å². The van der Waals surface area contributed by atoms with Crippen LogP contribution in [0.3, 0.4) is 0 Å². The number of sulfonamides is 1. The number of hydrogen-bond donors (Lipinski definition) is 0. The Morgan fingerprint density at radius 3 is 1.89 bits per heavy atom. The van der Waals surface area contributed by atoms with Crippen LogP contribution in [0.25, 0.3) is 11.1 Å². The number of carbonyl (C=O) groups is 1. The summed E-state index contributed by atoms with van der Waals surface area (Å²) in [5, 5.41) is 10.7. The first-order valence-corrected chi connectivity index (χ1v) is 9.94. The minimum Gasteiger partial charge on any atom is -0.468 e. The van der Waals surface area contributed by atoms with Gasteiger partial charge in [0.2, 0.25) is 10.0 Å². The van der Waals surface area contributed by atoms with E-state index in [0.717, 1.165) is 9.87 Å². The number of nitro benzene ring substituents is 1. The minimum absolute atomic E-state index is 0.0212. The lowest BCUT2D eigenvalue weighted by atomic mass is 10.1. The lowest BCUT2D eigenvalue weighted by Crippen LogP contribution is -2.46. The van der Waals surface area contributed by atoms with Crippen LogP contribution in [0.1, 0.15) is 13.8 Å². The quantitative estimate of drug-likeness (QED) is 0.397. The van der Waals surface area contributed by atoms with Gasteiger partial charge in [0.15, 0.2) is 0 Å². The number of ether oxygens (including phenoxy) is 1. The molecule has 0 saturated heterocycles. The van der Waals surface area contributed by atoms with Gasteiger partial charge < -0.3 is 4.74 Å². The van der Waals surface area contributed by atoms with Gasteiger partial charge in [0.1, 0.15) is 6.04 Å². The van der Waals surface area contributed by atoms with Crippen molar-refractivity contribution in [1.29, 1.82) is 0 Å². The zero-order valence-corrected chi connectivity index (χ0v) is 16.8. The molecule has 0 N–H and O–H groups in total. The molecule has 2 rings (SSSR count). The standard InChI is InChI=1S/C19H22N2O6S/c1-13(2)18(19(22)27-4)20(3)28(25,26)17-11-7-15(8-12-17)14-5-9-16(10-6-14)21(23)24/h5-13,18H,1-4H3. The van der Waals surface area contributed by atoms with Crippen molar-refractivity contribution in [1.82, 2.24) is 4.31 Å². The zero-order chi connectivity index (χ0) is 21.1. The van der Waals surface area contributed by atoms with Crippen LogP contribution in [0.5, 0.6) is 0 Å². The second-order valence-electron chi connectivity index (χ2n) is 6.56. The van der Waals surface area contributed by atoms with Crippen molar-refractivity contribution in [2.45, 2.75) is 24.8 Å². The maximum atomic E-state index is 12.9. The molecule has 0 aliphatic rings. The third-order valence-electron chi connectivity index (χ3n) is 4.41. The van der Waals surface area contributed by atoms with E-state index in [0.29, 0.717) is 5.56 Å². The maximum absolute atomic E-state index is 12.9. The van der Waals surface area contributed by atoms with Crippen LogP contribution < -0.4 is 0 Å². The Bertz CT molecular complexity index is 953. The number of hydrogen-bond acceptors (Lipinski definition) is 6. The van der Waals surface area contributed by atoms with Gasteiger partial charge >= 0.3 is 5.97 Å².